The standard InChI is InChI=1S/C26H34N6O/c1-22(26(33)31-17-13-28(14-18-31)19-23-7-3-2-4-8-23)30-15-11-29(12-16-30)20-24-21-32-10-6-5-9-25(32)27-24/h2-10,21-22H,11-20H2,1H3. The van der Waals surface area contributed by atoms with E-state index in [4.69, 9.17) is 4.98 Å². The Morgan fingerprint density at radius 2 is 1.52 bits per heavy atom. The Morgan fingerprint density at radius 3 is 2.24 bits per heavy atom. The van der Waals surface area contributed by atoms with Gasteiger partial charge in [-0.2, -0.15) is 0 Å². The van der Waals surface area contributed by atoms with E-state index >= 15 is 0 Å². The molecule has 2 fully saturated rings. The first-order chi connectivity index (χ1) is 16.2. The topological polar surface area (TPSA) is 47.3 Å². The van der Waals surface area contributed by atoms with E-state index in [1.807, 2.05) is 24.4 Å². The Kier molecular flexibility index (Phi) is 6.71. The fraction of sp³-hybridized carbons (Fsp3) is 0.462. The van der Waals surface area contributed by atoms with Gasteiger partial charge in [-0.3, -0.25) is 19.5 Å². The van der Waals surface area contributed by atoms with Crippen molar-refractivity contribution in [2.45, 2.75) is 26.1 Å². The Balaban J connectivity index is 1.07. The zero-order valence-corrected chi connectivity index (χ0v) is 19.5. The molecule has 3 aromatic rings. The van der Waals surface area contributed by atoms with Gasteiger partial charge in [0.1, 0.15) is 5.65 Å². The number of carbonyl (C=O) groups excluding carboxylic acids is 1. The zero-order valence-electron chi connectivity index (χ0n) is 19.5. The van der Waals surface area contributed by atoms with E-state index in [1.165, 1.54) is 5.56 Å². The van der Waals surface area contributed by atoms with Gasteiger partial charge >= 0.3 is 0 Å². The molecule has 0 N–H and O–H groups in total. The number of hydrogen-bond acceptors (Lipinski definition) is 5. The molecule has 1 aromatic carbocycles. The minimum atomic E-state index is -0.0528. The van der Waals surface area contributed by atoms with Gasteiger partial charge < -0.3 is 9.30 Å². The molecule has 2 aliphatic heterocycles. The van der Waals surface area contributed by atoms with Crippen molar-refractivity contribution in [3.05, 3.63) is 72.2 Å². The summed E-state index contributed by atoms with van der Waals surface area (Å²) in [6, 6.07) is 16.6. The maximum Gasteiger partial charge on any atom is 0.239 e. The van der Waals surface area contributed by atoms with E-state index in [1.54, 1.807) is 0 Å². The minimum absolute atomic E-state index is 0.0528. The number of aromatic nitrogens is 2. The van der Waals surface area contributed by atoms with Crippen molar-refractivity contribution in [1.29, 1.82) is 0 Å². The maximum atomic E-state index is 13.2. The molecule has 1 atom stereocenters. The van der Waals surface area contributed by atoms with Crippen LogP contribution in [0, 0.1) is 0 Å². The number of rotatable bonds is 6. The van der Waals surface area contributed by atoms with Gasteiger partial charge in [0, 0.05) is 77.8 Å². The van der Waals surface area contributed by atoms with E-state index < -0.39 is 0 Å². The first-order valence-electron chi connectivity index (χ1n) is 12.1. The van der Waals surface area contributed by atoms with Gasteiger partial charge in [0.15, 0.2) is 0 Å². The summed E-state index contributed by atoms with van der Waals surface area (Å²) in [6.07, 6.45) is 4.16. The van der Waals surface area contributed by atoms with Crippen molar-refractivity contribution in [3.63, 3.8) is 0 Å². The van der Waals surface area contributed by atoms with Crippen LogP contribution in [0.3, 0.4) is 0 Å². The lowest BCUT2D eigenvalue weighted by atomic mass is 10.1. The maximum absolute atomic E-state index is 13.2. The molecule has 0 radical (unpaired) electrons. The molecule has 4 heterocycles. The molecule has 2 saturated heterocycles. The summed E-state index contributed by atoms with van der Waals surface area (Å²) in [5.41, 5.74) is 3.44. The Bertz CT molecular complexity index is 1020. The number of piperazine rings is 2. The summed E-state index contributed by atoms with van der Waals surface area (Å²) in [6.45, 7) is 11.2. The molecule has 0 saturated carbocycles. The fourth-order valence-electron chi connectivity index (χ4n) is 4.99. The highest BCUT2D eigenvalue weighted by Gasteiger charge is 2.30. The van der Waals surface area contributed by atoms with Crippen LogP contribution in [-0.4, -0.2) is 93.3 Å². The number of fused-ring (bicyclic) bond motifs is 1. The van der Waals surface area contributed by atoms with Crippen LogP contribution in [-0.2, 0) is 17.9 Å². The third-order valence-electron chi connectivity index (χ3n) is 7.04. The molecule has 33 heavy (non-hydrogen) atoms. The molecule has 2 aliphatic rings. The number of pyridine rings is 1. The summed E-state index contributed by atoms with van der Waals surface area (Å²) in [5.74, 6) is 0.281. The molecule has 7 nitrogen and oxygen atoms in total. The second kappa shape index (κ2) is 10.0. The molecule has 1 unspecified atom stereocenters. The molecule has 1 amide bonds. The third kappa shape index (κ3) is 5.27. The van der Waals surface area contributed by atoms with Crippen LogP contribution in [0.1, 0.15) is 18.2 Å². The van der Waals surface area contributed by atoms with Gasteiger partial charge in [-0.1, -0.05) is 36.4 Å². The number of amides is 1. The lowest BCUT2D eigenvalue weighted by Gasteiger charge is -2.41. The summed E-state index contributed by atoms with van der Waals surface area (Å²) in [4.78, 5) is 27.2. The van der Waals surface area contributed by atoms with Gasteiger partial charge in [0.25, 0.3) is 0 Å². The molecule has 0 spiro atoms. The van der Waals surface area contributed by atoms with Crippen molar-refractivity contribution in [1.82, 2.24) is 29.0 Å². The van der Waals surface area contributed by atoms with Crippen LogP contribution in [0.2, 0.25) is 0 Å². The highest BCUT2D eigenvalue weighted by atomic mass is 16.2. The Hall–Kier alpha value is -2.74. The van der Waals surface area contributed by atoms with Crippen molar-refractivity contribution in [3.8, 4) is 0 Å². The number of benzene rings is 1. The van der Waals surface area contributed by atoms with Crippen LogP contribution in [0.15, 0.2) is 60.9 Å². The molecule has 7 heteroatoms. The Labute approximate surface area is 196 Å². The first kappa shape index (κ1) is 22.1. The molecule has 174 valence electrons. The van der Waals surface area contributed by atoms with Crippen molar-refractivity contribution in [2.24, 2.45) is 0 Å². The second-order valence-electron chi connectivity index (χ2n) is 9.27. The van der Waals surface area contributed by atoms with Crippen LogP contribution in [0.4, 0.5) is 0 Å². The SMILES string of the molecule is CC(C(=O)N1CCN(Cc2ccccc2)CC1)N1CCN(Cc2cn3ccccc3n2)CC1. The van der Waals surface area contributed by atoms with Crippen molar-refractivity contribution in [2.75, 3.05) is 52.4 Å². The van der Waals surface area contributed by atoms with Gasteiger partial charge in [0.05, 0.1) is 11.7 Å². The van der Waals surface area contributed by atoms with Gasteiger partial charge in [-0.25, -0.2) is 4.98 Å². The van der Waals surface area contributed by atoms with Crippen LogP contribution >= 0.6 is 0 Å². The van der Waals surface area contributed by atoms with E-state index in [0.29, 0.717) is 0 Å². The third-order valence-corrected chi connectivity index (χ3v) is 7.04. The average molecular weight is 447 g/mol. The van der Waals surface area contributed by atoms with E-state index in [0.717, 1.165) is 76.8 Å². The van der Waals surface area contributed by atoms with E-state index in [2.05, 4.69) is 67.5 Å². The number of hydrogen-bond donors (Lipinski definition) is 0. The average Bonchev–Trinajstić information content (AvgIpc) is 3.27. The van der Waals surface area contributed by atoms with Crippen molar-refractivity contribution >= 4 is 11.6 Å². The predicted molar refractivity (Wildman–Crippen MR) is 130 cm³/mol. The van der Waals surface area contributed by atoms with Crippen LogP contribution in [0.5, 0.6) is 0 Å². The van der Waals surface area contributed by atoms with Gasteiger partial charge in [-0.15, -0.1) is 0 Å². The number of nitrogens with zero attached hydrogens (tertiary/aromatic N) is 6. The van der Waals surface area contributed by atoms with Gasteiger partial charge in [0.2, 0.25) is 5.91 Å². The summed E-state index contributed by atoms with van der Waals surface area (Å²) in [5, 5.41) is 0. The first-order valence-corrected chi connectivity index (χ1v) is 12.1. The van der Waals surface area contributed by atoms with Crippen LogP contribution < -0.4 is 0 Å². The number of carbonyl (C=O) groups is 1. The highest BCUT2D eigenvalue weighted by molar-refractivity contribution is 5.81. The monoisotopic (exact) mass is 446 g/mol. The highest BCUT2D eigenvalue weighted by Crippen LogP contribution is 2.15. The van der Waals surface area contributed by atoms with Crippen LogP contribution in [0.25, 0.3) is 5.65 Å². The van der Waals surface area contributed by atoms with E-state index in [-0.39, 0.29) is 11.9 Å². The smallest absolute Gasteiger partial charge is 0.239 e. The summed E-state index contributed by atoms with van der Waals surface area (Å²) >= 11 is 0. The molecule has 0 aliphatic carbocycles. The zero-order chi connectivity index (χ0) is 22.6. The molecular formula is C26H34N6O. The largest absolute Gasteiger partial charge is 0.339 e. The molecule has 2 aromatic heterocycles. The normalized spacial score (nSPS) is 19.7. The Morgan fingerprint density at radius 1 is 0.848 bits per heavy atom. The summed E-state index contributed by atoms with van der Waals surface area (Å²) in [7, 11) is 0. The second-order valence-corrected chi connectivity index (χ2v) is 9.27. The lowest BCUT2D eigenvalue weighted by molar-refractivity contribution is -0.139. The van der Waals surface area contributed by atoms with Crippen molar-refractivity contribution < 1.29 is 4.79 Å². The minimum Gasteiger partial charge on any atom is -0.339 e. The molecule has 5 rings (SSSR count). The van der Waals surface area contributed by atoms with E-state index in [9.17, 15) is 4.79 Å². The molecule has 0 bridgehead atoms. The fourth-order valence-corrected chi connectivity index (χ4v) is 4.99. The molecular weight excluding hydrogens is 412 g/mol. The predicted octanol–water partition coefficient (Wildman–Crippen LogP) is 2.18. The lowest BCUT2D eigenvalue weighted by Crippen LogP contribution is -2.57. The quantitative estimate of drug-likeness (QED) is 0.581. The number of imidazole rings is 1. The van der Waals surface area contributed by atoms with Gasteiger partial charge in [-0.05, 0) is 24.6 Å². The summed E-state index contributed by atoms with van der Waals surface area (Å²) < 4.78 is 2.08.